The highest BCUT2D eigenvalue weighted by Gasteiger charge is 2.59. The van der Waals surface area contributed by atoms with Gasteiger partial charge in [0.1, 0.15) is 0 Å². The number of hydrogen-bond acceptors (Lipinski definition) is 3. The van der Waals surface area contributed by atoms with E-state index >= 15 is 0 Å². The van der Waals surface area contributed by atoms with Gasteiger partial charge in [0.2, 0.25) is 15.6 Å². The summed E-state index contributed by atoms with van der Waals surface area (Å²) in [5, 5.41) is 8.73. The normalized spacial score (nSPS) is 15.5. The molecule has 5 nitrogen and oxygen atoms in total. The molecule has 0 aliphatic heterocycles. The number of aliphatic carboxylic acids is 1. The first-order valence-corrected chi connectivity index (χ1v) is 7.21. The van der Waals surface area contributed by atoms with Crippen molar-refractivity contribution in [2.75, 3.05) is 0 Å². The van der Waals surface area contributed by atoms with Crippen molar-refractivity contribution >= 4 is 16.0 Å². The Morgan fingerprint density at radius 3 is 2.10 bits per heavy atom. The van der Waals surface area contributed by atoms with E-state index in [2.05, 4.69) is 0 Å². The Hall–Kier alpha value is -1.61. The van der Waals surface area contributed by atoms with E-state index in [4.69, 9.17) is 5.11 Å². The van der Waals surface area contributed by atoms with Crippen molar-refractivity contribution in [3.63, 3.8) is 0 Å². The van der Waals surface area contributed by atoms with Crippen molar-refractivity contribution in [2.45, 2.75) is 37.4 Å². The van der Waals surface area contributed by atoms with Crippen LogP contribution in [0.15, 0.2) is 23.1 Å². The van der Waals surface area contributed by atoms with Crippen LogP contribution in [0.4, 0.5) is 13.2 Å². The monoisotopic (exact) mass is 325 g/mol. The lowest BCUT2D eigenvalue weighted by Gasteiger charge is -2.28. The van der Waals surface area contributed by atoms with E-state index in [0.29, 0.717) is 5.56 Å². The van der Waals surface area contributed by atoms with Crippen LogP contribution in [0.25, 0.3) is 0 Å². The Labute approximate surface area is 119 Å². The molecule has 0 aliphatic rings. The van der Waals surface area contributed by atoms with Crippen molar-refractivity contribution in [1.82, 2.24) is 4.72 Å². The topological polar surface area (TPSA) is 83.5 Å². The van der Waals surface area contributed by atoms with Crippen LogP contribution in [0.1, 0.15) is 18.1 Å². The van der Waals surface area contributed by atoms with Gasteiger partial charge < -0.3 is 5.11 Å². The minimum absolute atomic E-state index is 0.258. The van der Waals surface area contributed by atoms with Gasteiger partial charge >= 0.3 is 12.1 Å². The second-order valence-corrected chi connectivity index (χ2v) is 6.46. The van der Waals surface area contributed by atoms with Crippen LogP contribution in [0.2, 0.25) is 0 Å². The predicted octanol–water partition coefficient (Wildman–Crippen LogP) is 1.99. The minimum Gasteiger partial charge on any atom is -0.480 e. The minimum atomic E-state index is -5.29. The smallest absolute Gasteiger partial charge is 0.418 e. The molecule has 21 heavy (non-hydrogen) atoms. The Kier molecular flexibility index (Phi) is 4.40. The van der Waals surface area contributed by atoms with Gasteiger partial charge in [-0.3, -0.25) is 0 Å². The first-order valence-electron chi connectivity index (χ1n) is 5.72. The van der Waals surface area contributed by atoms with Gasteiger partial charge in [0.25, 0.3) is 0 Å². The van der Waals surface area contributed by atoms with Crippen LogP contribution < -0.4 is 4.72 Å². The third kappa shape index (κ3) is 3.35. The zero-order chi connectivity index (χ0) is 16.6. The number of alkyl halides is 3. The molecule has 0 amide bonds. The maximum absolute atomic E-state index is 12.8. The molecule has 0 bridgehead atoms. The molecule has 0 radical (unpaired) electrons. The molecule has 118 valence electrons. The quantitative estimate of drug-likeness (QED) is 0.887. The second-order valence-electron chi connectivity index (χ2n) is 4.78. The van der Waals surface area contributed by atoms with Crippen LogP contribution in [0.3, 0.4) is 0 Å². The summed E-state index contributed by atoms with van der Waals surface area (Å²) in [6.07, 6.45) is -5.29. The molecule has 0 saturated carbocycles. The van der Waals surface area contributed by atoms with Crippen LogP contribution in [0, 0.1) is 13.8 Å². The molecule has 1 unspecified atom stereocenters. The summed E-state index contributed by atoms with van der Waals surface area (Å²) >= 11 is 0. The van der Waals surface area contributed by atoms with Crippen LogP contribution in [0.5, 0.6) is 0 Å². The molecule has 0 heterocycles. The lowest BCUT2D eigenvalue weighted by molar-refractivity contribution is -0.201. The van der Waals surface area contributed by atoms with Gasteiger partial charge in [-0.05, 0) is 44.0 Å². The molecule has 1 aromatic rings. The first kappa shape index (κ1) is 17.4. The first-order chi connectivity index (χ1) is 9.31. The van der Waals surface area contributed by atoms with E-state index in [1.807, 2.05) is 0 Å². The fraction of sp³-hybridized carbons (Fsp3) is 0.417. The fourth-order valence-electron chi connectivity index (χ4n) is 1.43. The Balaban J connectivity index is 3.31. The van der Waals surface area contributed by atoms with Gasteiger partial charge in [-0.25, -0.2) is 13.2 Å². The van der Waals surface area contributed by atoms with Gasteiger partial charge in [0, 0.05) is 0 Å². The molecular formula is C12H14F3NO4S. The van der Waals surface area contributed by atoms with Crippen LogP contribution in [-0.4, -0.2) is 31.2 Å². The number of benzene rings is 1. The number of hydrogen-bond donors (Lipinski definition) is 2. The summed E-state index contributed by atoms with van der Waals surface area (Å²) in [6, 6.07) is 3.72. The lowest BCUT2D eigenvalue weighted by Crippen LogP contribution is -2.61. The third-order valence-electron chi connectivity index (χ3n) is 3.12. The molecule has 0 aromatic heterocycles. The summed E-state index contributed by atoms with van der Waals surface area (Å²) in [7, 11) is -4.64. The van der Waals surface area contributed by atoms with E-state index in [1.54, 1.807) is 13.8 Å². The summed E-state index contributed by atoms with van der Waals surface area (Å²) in [5.41, 5.74) is -2.29. The molecule has 1 aromatic carbocycles. The van der Waals surface area contributed by atoms with Gasteiger partial charge in [-0.15, -0.1) is 0 Å². The molecule has 1 atom stereocenters. The molecule has 0 aliphatic carbocycles. The van der Waals surface area contributed by atoms with E-state index in [0.717, 1.165) is 11.6 Å². The maximum atomic E-state index is 12.8. The highest BCUT2D eigenvalue weighted by atomic mass is 32.2. The molecule has 0 fully saturated rings. The molecule has 1 rings (SSSR count). The number of sulfonamides is 1. The summed E-state index contributed by atoms with van der Waals surface area (Å²) < 4.78 is 63.7. The largest absolute Gasteiger partial charge is 0.480 e. The number of carbonyl (C=O) groups is 1. The van der Waals surface area contributed by atoms with Gasteiger partial charge in [-0.2, -0.15) is 17.9 Å². The van der Waals surface area contributed by atoms with Crippen LogP contribution in [-0.2, 0) is 14.8 Å². The predicted molar refractivity (Wildman–Crippen MR) is 68.3 cm³/mol. The summed E-state index contributed by atoms with van der Waals surface area (Å²) in [5.74, 6) is -2.33. The molecule has 0 saturated heterocycles. The number of nitrogens with one attached hydrogen (secondary N) is 1. The zero-order valence-electron chi connectivity index (χ0n) is 11.4. The van der Waals surface area contributed by atoms with Crippen molar-refractivity contribution in [3.05, 3.63) is 29.3 Å². The molecular weight excluding hydrogens is 311 g/mol. The van der Waals surface area contributed by atoms with E-state index in [9.17, 15) is 26.4 Å². The number of aryl methyl sites for hydroxylation is 2. The Morgan fingerprint density at radius 2 is 1.71 bits per heavy atom. The molecule has 0 spiro atoms. The summed E-state index contributed by atoms with van der Waals surface area (Å²) in [6.45, 7) is 3.55. The van der Waals surface area contributed by atoms with Gasteiger partial charge in [-0.1, -0.05) is 6.07 Å². The average molecular weight is 325 g/mol. The van der Waals surface area contributed by atoms with Gasteiger partial charge in [0.05, 0.1) is 4.90 Å². The SMILES string of the molecule is Cc1ccc(S(=O)(=O)NC(C)(C(=O)O)C(F)(F)F)cc1C. The molecule has 2 N–H and O–H groups in total. The average Bonchev–Trinajstić information content (AvgIpc) is 2.30. The number of carboxylic acid groups (broad SMARTS) is 1. The fourth-order valence-corrected chi connectivity index (χ4v) is 2.87. The number of halogens is 3. The molecule has 9 heteroatoms. The van der Waals surface area contributed by atoms with Crippen molar-refractivity contribution in [3.8, 4) is 0 Å². The second kappa shape index (κ2) is 5.30. The van der Waals surface area contributed by atoms with Gasteiger partial charge in [0.15, 0.2) is 0 Å². The van der Waals surface area contributed by atoms with Crippen molar-refractivity contribution in [1.29, 1.82) is 0 Å². The Morgan fingerprint density at radius 1 is 1.19 bits per heavy atom. The van der Waals surface area contributed by atoms with Crippen molar-refractivity contribution < 1.29 is 31.5 Å². The number of carboxylic acids is 1. The highest BCUT2D eigenvalue weighted by Crippen LogP contribution is 2.32. The van der Waals surface area contributed by atoms with E-state index in [1.165, 1.54) is 16.9 Å². The summed E-state index contributed by atoms with van der Waals surface area (Å²) in [4.78, 5) is 10.4. The van der Waals surface area contributed by atoms with Crippen LogP contribution >= 0.6 is 0 Å². The third-order valence-corrected chi connectivity index (χ3v) is 4.67. The zero-order valence-corrected chi connectivity index (χ0v) is 12.3. The Bertz CT molecular complexity index is 670. The standard InChI is InChI=1S/C12H14F3NO4S/c1-7-4-5-9(6-8(7)2)21(19,20)16-11(3,10(17)18)12(13,14)15/h4-6,16H,1-3H3,(H,17,18). The lowest BCUT2D eigenvalue weighted by atomic mass is 10.0. The van der Waals surface area contributed by atoms with E-state index in [-0.39, 0.29) is 6.92 Å². The van der Waals surface area contributed by atoms with Crippen molar-refractivity contribution in [2.24, 2.45) is 0 Å². The highest BCUT2D eigenvalue weighted by molar-refractivity contribution is 7.89. The number of rotatable bonds is 4. The maximum Gasteiger partial charge on any atom is 0.418 e. The van der Waals surface area contributed by atoms with E-state index < -0.39 is 32.6 Å².